The number of amides is 1. The lowest BCUT2D eigenvalue weighted by Gasteiger charge is -2.15. The summed E-state index contributed by atoms with van der Waals surface area (Å²) < 4.78 is 1.91. The van der Waals surface area contributed by atoms with E-state index in [-0.39, 0.29) is 5.91 Å². The Labute approximate surface area is 130 Å². The van der Waals surface area contributed by atoms with Crippen LogP contribution in [0.3, 0.4) is 0 Å². The van der Waals surface area contributed by atoms with Gasteiger partial charge in [-0.2, -0.15) is 5.10 Å². The van der Waals surface area contributed by atoms with Crippen molar-refractivity contribution in [3.63, 3.8) is 0 Å². The fourth-order valence-corrected chi connectivity index (χ4v) is 3.38. The van der Waals surface area contributed by atoms with Crippen LogP contribution in [0.25, 0.3) is 0 Å². The van der Waals surface area contributed by atoms with Crippen LogP contribution < -0.4 is 5.32 Å². The maximum absolute atomic E-state index is 12.6. The minimum Gasteiger partial charge on any atom is -0.336 e. The summed E-state index contributed by atoms with van der Waals surface area (Å²) in [5.74, 6) is -0.0408. The molecule has 21 heavy (non-hydrogen) atoms. The lowest BCUT2D eigenvalue weighted by molar-refractivity contribution is 0.0783. The summed E-state index contributed by atoms with van der Waals surface area (Å²) >= 11 is 6.45. The standard InChI is InChI=1S/C14H22ClN5O/c1-16-10-4-7-19(8-10)14(21)13-12(15)11-9-18(2)5-3-6-20(11)17-13/h10,16H,3-9H2,1-2H3. The average Bonchev–Trinajstić information content (AvgIpc) is 3.01. The molecule has 1 fully saturated rings. The van der Waals surface area contributed by atoms with E-state index in [1.54, 1.807) is 0 Å². The summed E-state index contributed by atoms with van der Waals surface area (Å²) in [6.45, 7) is 4.10. The molecule has 116 valence electrons. The van der Waals surface area contributed by atoms with Crippen molar-refractivity contribution < 1.29 is 4.79 Å². The van der Waals surface area contributed by atoms with Crippen molar-refractivity contribution in [3.8, 4) is 0 Å². The molecule has 1 atom stereocenters. The average molecular weight is 312 g/mol. The molecule has 0 aliphatic carbocycles. The molecule has 0 spiro atoms. The van der Waals surface area contributed by atoms with Crippen LogP contribution in [0.2, 0.25) is 5.02 Å². The maximum Gasteiger partial charge on any atom is 0.275 e. The molecule has 3 heterocycles. The van der Waals surface area contributed by atoms with Crippen LogP contribution in [0.4, 0.5) is 0 Å². The molecule has 1 amide bonds. The predicted molar refractivity (Wildman–Crippen MR) is 81.6 cm³/mol. The Morgan fingerprint density at radius 2 is 2.19 bits per heavy atom. The van der Waals surface area contributed by atoms with E-state index in [2.05, 4.69) is 22.4 Å². The molecular weight excluding hydrogens is 290 g/mol. The minimum atomic E-state index is -0.0408. The highest BCUT2D eigenvalue weighted by molar-refractivity contribution is 6.34. The fourth-order valence-electron chi connectivity index (χ4n) is 3.10. The number of rotatable bonds is 2. The maximum atomic E-state index is 12.6. The van der Waals surface area contributed by atoms with Gasteiger partial charge in [0.15, 0.2) is 5.69 Å². The van der Waals surface area contributed by atoms with Crippen LogP contribution in [0, 0.1) is 0 Å². The highest BCUT2D eigenvalue weighted by Gasteiger charge is 2.31. The van der Waals surface area contributed by atoms with Gasteiger partial charge in [0.1, 0.15) is 0 Å². The topological polar surface area (TPSA) is 53.4 Å². The van der Waals surface area contributed by atoms with E-state index in [4.69, 9.17) is 11.6 Å². The van der Waals surface area contributed by atoms with E-state index < -0.39 is 0 Å². The smallest absolute Gasteiger partial charge is 0.275 e. The number of hydrogen-bond acceptors (Lipinski definition) is 4. The van der Waals surface area contributed by atoms with Crippen LogP contribution in [0.15, 0.2) is 0 Å². The van der Waals surface area contributed by atoms with Crippen molar-refractivity contribution in [1.82, 2.24) is 24.9 Å². The largest absolute Gasteiger partial charge is 0.336 e. The zero-order chi connectivity index (χ0) is 15.0. The SMILES string of the molecule is CNC1CCN(C(=O)c2nn3c(c2Cl)CN(C)CCC3)C1. The van der Waals surface area contributed by atoms with Gasteiger partial charge in [0, 0.05) is 38.8 Å². The van der Waals surface area contributed by atoms with Crippen LogP contribution in [-0.4, -0.2) is 65.3 Å². The highest BCUT2D eigenvalue weighted by Crippen LogP contribution is 2.26. The first-order valence-electron chi connectivity index (χ1n) is 7.50. The minimum absolute atomic E-state index is 0.0408. The molecule has 6 nitrogen and oxygen atoms in total. The van der Waals surface area contributed by atoms with Gasteiger partial charge < -0.3 is 15.1 Å². The summed E-state index contributed by atoms with van der Waals surface area (Å²) in [7, 11) is 4.00. The van der Waals surface area contributed by atoms with Gasteiger partial charge in [-0.05, 0) is 26.9 Å². The number of hydrogen-bond donors (Lipinski definition) is 1. The van der Waals surface area contributed by atoms with E-state index in [0.29, 0.717) is 16.8 Å². The summed E-state index contributed by atoms with van der Waals surface area (Å²) in [5.41, 5.74) is 1.38. The van der Waals surface area contributed by atoms with Crippen LogP contribution in [0.1, 0.15) is 29.0 Å². The van der Waals surface area contributed by atoms with Gasteiger partial charge in [-0.3, -0.25) is 9.48 Å². The number of nitrogens with zero attached hydrogens (tertiary/aromatic N) is 4. The molecule has 0 radical (unpaired) electrons. The second-order valence-corrected chi connectivity index (χ2v) is 6.33. The lowest BCUT2D eigenvalue weighted by atomic mass is 10.3. The normalized spacial score (nSPS) is 23.2. The molecule has 0 saturated carbocycles. The number of halogens is 1. The van der Waals surface area contributed by atoms with Gasteiger partial charge >= 0.3 is 0 Å². The highest BCUT2D eigenvalue weighted by atomic mass is 35.5. The van der Waals surface area contributed by atoms with Gasteiger partial charge in [-0.25, -0.2) is 0 Å². The van der Waals surface area contributed by atoms with Crippen molar-refractivity contribution in [1.29, 1.82) is 0 Å². The van der Waals surface area contributed by atoms with Crippen molar-refractivity contribution in [2.75, 3.05) is 33.7 Å². The summed E-state index contributed by atoms with van der Waals surface area (Å²) in [6.07, 6.45) is 2.01. The Balaban J connectivity index is 1.83. The number of likely N-dealkylation sites (N-methyl/N-ethyl adjacent to an activating group) is 1. The molecule has 1 saturated heterocycles. The van der Waals surface area contributed by atoms with Gasteiger partial charge in [0.2, 0.25) is 0 Å². The van der Waals surface area contributed by atoms with Crippen LogP contribution in [-0.2, 0) is 13.1 Å². The Kier molecular flexibility index (Phi) is 4.19. The zero-order valence-electron chi connectivity index (χ0n) is 12.6. The Morgan fingerprint density at radius 1 is 1.38 bits per heavy atom. The number of likely N-dealkylation sites (tertiary alicyclic amines) is 1. The zero-order valence-corrected chi connectivity index (χ0v) is 13.4. The molecule has 2 aliphatic rings. The number of aromatic nitrogens is 2. The van der Waals surface area contributed by atoms with E-state index in [1.165, 1.54) is 0 Å². The summed E-state index contributed by atoms with van der Waals surface area (Å²) in [6, 6.07) is 0.374. The van der Waals surface area contributed by atoms with Crippen molar-refractivity contribution in [2.24, 2.45) is 0 Å². The fraction of sp³-hybridized carbons (Fsp3) is 0.714. The van der Waals surface area contributed by atoms with E-state index in [1.807, 2.05) is 16.6 Å². The molecule has 1 aromatic rings. The molecule has 0 bridgehead atoms. The molecular formula is C14H22ClN5O. The third kappa shape index (κ3) is 2.80. The van der Waals surface area contributed by atoms with Crippen molar-refractivity contribution in [2.45, 2.75) is 32.0 Å². The molecule has 1 aromatic heterocycles. The Morgan fingerprint density at radius 3 is 2.90 bits per heavy atom. The van der Waals surface area contributed by atoms with E-state index in [0.717, 1.165) is 51.3 Å². The van der Waals surface area contributed by atoms with Gasteiger partial charge in [-0.15, -0.1) is 0 Å². The second-order valence-electron chi connectivity index (χ2n) is 5.95. The number of aryl methyl sites for hydroxylation is 1. The quantitative estimate of drug-likeness (QED) is 0.878. The first-order valence-corrected chi connectivity index (χ1v) is 7.88. The number of carbonyl (C=O) groups is 1. The van der Waals surface area contributed by atoms with Gasteiger partial charge in [0.05, 0.1) is 10.7 Å². The first kappa shape index (κ1) is 14.8. The number of fused-ring (bicyclic) bond motifs is 1. The first-order chi connectivity index (χ1) is 10.1. The third-order valence-electron chi connectivity index (χ3n) is 4.41. The van der Waals surface area contributed by atoms with Crippen LogP contribution >= 0.6 is 11.6 Å². The summed E-state index contributed by atoms with van der Waals surface area (Å²) in [4.78, 5) is 16.7. The van der Waals surface area contributed by atoms with Crippen molar-refractivity contribution in [3.05, 3.63) is 16.4 Å². The molecule has 0 aromatic carbocycles. The molecule has 3 rings (SSSR count). The molecule has 2 aliphatic heterocycles. The summed E-state index contributed by atoms with van der Waals surface area (Å²) in [5, 5.41) is 8.23. The molecule has 1 N–H and O–H groups in total. The predicted octanol–water partition coefficient (Wildman–Crippen LogP) is 0.806. The van der Waals surface area contributed by atoms with Crippen molar-refractivity contribution >= 4 is 17.5 Å². The number of carbonyl (C=O) groups excluding carboxylic acids is 1. The van der Waals surface area contributed by atoms with E-state index in [9.17, 15) is 4.79 Å². The van der Waals surface area contributed by atoms with Gasteiger partial charge in [-0.1, -0.05) is 11.6 Å². The number of nitrogens with one attached hydrogen (secondary N) is 1. The van der Waals surface area contributed by atoms with Gasteiger partial charge in [0.25, 0.3) is 5.91 Å². The van der Waals surface area contributed by atoms with E-state index >= 15 is 0 Å². The monoisotopic (exact) mass is 311 g/mol. The third-order valence-corrected chi connectivity index (χ3v) is 4.81. The second kappa shape index (κ2) is 5.94. The molecule has 7 heteroatoms. The lowest BCUT2D eigenvalue weighted by Crippen LogP contribution is -2.33. The Bertz CT molecular complexity index is 544. The Hall–Kier alpha value is -1.11. The van der Waals surface area contributed by atoms with Crippen LogP contribution in [0.5, 0.6) is 0 Å². The molecule has 1 unspecified atom stereocenters.